The van der Waals surface area contributed by atoms with Crippen molar-refractivity contribution in [3.05, 3.63) is 64.5 Å². The summed E-state index contributed by atoms with van der Waals surface area (Å²) in [6, 6.07) is 9.99. The lowest BCUT2D eigenvalue weighted by Gasteiger charge is -2.36. The molecule has 31 heavy (non-hydrogen) atoms. The van der Waals surface area contributed by atoms with Crippen molar-refractivity contribution < 1.29 is 13.6 Å². The van der Waals surface area contributed by atoms with Crippen LogP contribution < -0.4 is 10.2 Å². The lowest BCUT2D eigenvalue weighted by Crippen LogP contribution is -2.48. The molecule has 4 rings (SSSR count). The van der Waals surface area contributed by atoms with Crippen LogP contribution in [0.4, 0.5) is 19.6 Å². The van der Waals surface area contributed by atoms with Crippen molar-refractivity contribution in [1.82, 2.24) is 9.88 Å². The fourth-order valence-corrected chi connectivity index (χ4v) is 4.44. The molecule has 162 valence electrons. The van der Waals surface area contributed by atoms with E-state index in [0.717, 1.165) is 38.3 Å². The number of nitrogens with one attached hydrogen (secondary N) is 1. The molecule has 2 heterocycles. The summed E-state index contributed by atoms with van der Waals surface area (Å²) in [5, 5.41) is 4.97. The largest absolute Gasteiger partial charge is 0.369 e. The first-order chi connectivity index (χ1) is 14.9. The average molecular weight is 443 g/mol. The number of rotatable bonds is 5. The fraction of sp³-hybridized carbons (Fsp3) is 0.304. The molecular weight excluding hydrogens is 418 g/mol. The molecule has 8 heteroatoms. The molecule has 5 nitrogen and oxygen atoms in total. The maximum absolute atomic E-state index is 13.4. The minimum Gasteiger partial charge on any atom is -0.369 e. The number of piperazine rings is 1. The van der Waals surface area contributed by atoms with Gasteiger partial charge in [0.25, 0.3) is 0 Å². The molecule has 0 unspecified atom stereocenters. The summed E-state index contributed by atoms with van der Waals surface area (Å²) in [6.45, 7) is 7.91. The highest BCUT2D eigenvalue weighted by molar-refractivity contribution is 7.14. The molecule has 3 aromatic rings. The molecular formula is C23H24F2N4OS. The Labute approximate surface area is 184 Å². The van der Waals surface area contributed by atoms with Gasteiger partial charge in [-0.25, -0.2) is 13.8 Å². The van der Waals surface area contributed by atoms with Gasteiger partial charge in [0.05, 0.1) is 12.2 Å². The van der Waals surface area contributed by atoms with Gasteiger partial charge in [0, 0.05) is 42.8 Å². The maximum atomic E-state index is 13.4. The second-order valence-electron chi connectivity index (χ2n) is 7.70. The highest BCUT2D eigenvalue weighted by Gasteiger charge is 2.21. The predicted octanol–water partition coefficient (Wildman–Crippen LogP) is 4.47. The SMILES string of the molecule is Cc1cccc(N2CCN(CC(=O)Nc3nc(-c4ccc(F)c(F)c4)cs3)CC2)c1C. The summed E-state index contributed by atoms with van der Waals surface area (Å²) in [7, 11) is 0. The maximum Gasteiger partial charge on any atom is 0.240 e. The summed E-state index contributed by atoms with van der Waals surface area (Å²) in [6.07, 6.45) is 0. The van der Waals surface area contributed by atoms with Gasteiger partial charge in [-0.1, -0.05) is 12.1 Å². The van der Waals surface area contributed by atoms with Gasteiger partial charge < -0.3 is 10.2 Å². The molecule has 1 saturated heterocycles. The summed E-state index contributed by atoms with van der Waals surface area (Å²) in [5.74, 6) is -1.95. The number of nitrogens with zero attached hydrogens (tertiary/aromatic N) is 3. The van der Waals surface area contributed by atoms with Gasteiger partial charge in [0.1, 0.15) is 0 Å². The number of carbonyl (C=O) groups excluding carboxylic acids is 1. The van der Waals surface area contributed by atoms with E-state index in [9.17, 15) is 13.6 Å². The molecule has 1 N–H and O–H groups in total. The molecule has 1 fully saturated rings. The van der Waals surface area contributed by atoms with Crippen molar-refractivity contribution in [1.29, 1.82) is 0 Å². The smallest absolute Gasteiger partial charge is 0.240 e. The number of amides is 1. The topological polar surface area (TPSA) is 48.5 Å². The van der Waals surface area contributed by atoms with Crippen LogP contribution in [0.3, 0.4) is 0 Å². The van der Waals surface area contributed by atoms with E-state index < -0.39 is 11.6 Å². The second kappa shape index (κ2) is 9.11. The number of hydrogen-bond acceptors (Lipinski definition) is 5. The normalized spacial score (nSPS) is 14.6. The van der Waals surface area contributed by atoms with Gasteiger partial charge in [-0.15, -0.1) is 11.3 Å². The Hall–Kier alpha value is -2.84. The number of carbonyl (C=O) groups is 1. The minimum absolute atomic E-state index is 0.133. The van der Waals surface area contributed by atoms with E-state index >= 15 is 0 Å². The predicted molar refractivity (Wildman–Crippen MR) is 121 cm³/mol. The molecule has 1 aliphatic heterocycles. The van der Waals surface area contributed by atoms with Crippen LogP contribution in [-0.2, 0) is 4.79 Å². The van der Waals surface area contributed by atoms with E-state index in [4.69, 9.17) is 0 Å². The number of anilines is 2. The zero-order valence-electron chi connectivity index (χ0n) is 17.5. The lowest BCUT2D eigenvalue weighted by atomic mass is 10.1. The molecule has 0 bridgehead atoms. The Morgan fingerprint density at radius 2 is 1.87 bits per heavy atom. The van der Waals surface area contributed by atoms with Gasteiger partial charge in [-0.3, -0.25) is 9.69 Å². The summed E-state index contributed by atoms with van der Waals surface area (Å²) < 4.78 is 26.6. The molecule has 1 aromatic heterocycles. The first-order valence-electron chi connectivity index (χ1n) is 10.1. The van der Waals surface area contributed by atoms with Gasteiger partial charge in [-0.05, 0) is 49.2 Å². The van der Waals surface area contributed by atoms with Crippen molar-refractivity contribution in [2.24, 2.45) is 0 Å². The van der Waals surface area contributed by atoms with E-state index in [-0.39, 0.29) is 5.91 Å². The Kier molecular flexibility index (Phi) is 6.29. The van der Waals surface area contributed by atoms with Crippen molar-refractivity contribution in [2.45, 2.75) is 13.8 Å². The van der Waals surface area contributed by atoms with Crippen molar-refractivity contribution in [3.8, 4) is 11.3 Å². The summed E-state index contributed by atoms with van der Waals surface area (Å²) in [5.41, 5.74) is 4.82. The van der Waals surface area contributed by atoms with Crippen molar-refractivity contribution in [2.75, 3.05) is 42.9 Å². The van der Waals surface area contributed by atoms with Gasteiger partial charge in [0.2, 0.25) is 5.91 Å². The molecule has 1 aliphatic rings. The standard InChI is InChI=1S/C23H24F2N4OS/c1-15-4-3-5-21(16(15)2)29-10-8-28(9-11-29)13-22(30)27-23-26-20(14-31-23)17-6-7-18(24)19(25)12-17/h3-7,12,14H,8-11,13H2,1-2H3,(H,26,27,30). The number of aromatic nitrogens is 1. The molecule has 0 saturated carbocycles. The molecule has 0 spiro atoms. The van der Waals surface area contributed by atoms with Crippen LogP contribution in [0.25, 0.3) is 11.3 Å². The monoisotopic (exact) mass is 442 g/mol. The Bertz CT molecular complexity index is 1090. The molecule has 1 amide bonds. The molecule has 2 aromatic carbocycles. The number of thiazole rings is 1. The zero-order chi connectivity index (χ0) is 22.0. The van der Waals surface area contributed by atoms with Gasteiger partial charge in [0.15, 0.2) is 16.8 Å². The highest BCUT2D eigenvalue weighted by atomic mass is 32.1. The third kappa shape index (κ3) is 4.91. The number of halogens is 2. The van der Waals surface area contributed by atoms with E-state index in [2.05, 4.69) is 52.1 Å². The Morgan fingerprint density at radius 1 is 1.10 bits per heavy atom. The van der Waals surface area contributed by atoms with Crippen LogP contribution in [0.1, 0.15) is 11.1 Å². The van der Waals surface area contributed by atoms with Crippen LogP contribution >= 0.6 is 11.3 Å². The van der Waals surface area contributed by atoms with Gasteiger partial charge >= 0.3 is 0 Å². The van der Waals surface area contributed by atoms with E-state index in [0.29, 0.717) is 22.9 Å². The fourth-order valence-electron chi connectivity index (χ4n) is 3.71. The van der Waals surface area contributed by atoms with Crippen LogP contribution in [0.15, 0.2) is 41.8 Å². The minimum atomic E-state index is -0.920. The molecule has 0 aliphatic carbocycles. The third-order valence-corrected chi connectivity index (χ3v) is 6.38. The van der Waals surface area contributed by atoms with E-state index in [1.54, 1.807) is 5.38 Å². The van der Waals surface area contributed by atoms with Crippen LogP contribution in [0.5, 0.6) is 0 Å². The van der Waals surface area contributed by atoms with Crippen molar-refractivity contribution in [3.63, 3.8) is 0 Å². The van der Waals surface area contributed by atoms with E-state index in [1.165, 1.54) is 34.2 Å². The summed E-state index contributed by atoms with van der Waals surface area (Å²) >= 11 is 1.26. The van der Waals surface area contributed by atoms with Crippen LogP contribution in [-0.4, -0.2) is 48.5 Å². The average Bonchev–Trinajstić information content (AvgIpc) is 3.21. The number of hydrogen-bond donors (Lipinski definition) is 1. The number of aryl methyl sites for hydroxylation is 1. The third-order valence-electron chi connectivity index (χ3n) is 5.62. The van der Waals surface area contributed by atoms with E-state index in [1.807, 2.05) is 0 Å². The first-order valence-corrected chi connectivity index (χ1v) is 11.0. The van der Waals surface area contributed by atoms with Gasteiger partial charge in [-0.2, -0.15) is 0 Å². The molecule has 0 radical (unpaired) electrons. The highest BCUT2D eigenvalue weighted by Crippen LogP contribution is 2.26. The lowest BCUT2D eigenvalue weighted by molar-refractivity contribution is -0.117. The quantitative estimate of drug-likeness (QED) is 0.634. The van der Waals surface area contributed by atoms with Crippen LogP contribution in [0, 0.1) is 25.5 Å². The molecule has 0 atom stereocenters. The Morgan fingerprint density at radius 3 is 2.61 bits per heavy atom. The van der Waals surface area contributed by atoms with Crippen molar-refractivity contribution >= 4 is 28.1 Å². The zero-order valence-corrected chi connectivity index (χ0v) is 18.3. The second-order valence-corrected chi connectivity index (χ2v) is 8.56. The number of benzene rings is 2. The Balaban J connectivity index is 1.30. The van der Waals surface area contributed by atoms with Crippen LogP contribution in [0.2, 0.25) is 0 Å². The first kappa shape index (κ1) is 21.4. The summed E-state index contributed by atoms with van der Waals surface area (Å²) in [4.78, 5) is 21.3.